The molecule has 0 saturated heterocycles. The predicted molar refractivity (Wildman–Crippen MR) is 60.3 cm³/mol. The summed E-state index contributed by atoms with van der Waals surface area (Å²) >= 11 is 0. The SMILES string of the molecule is [2H]C([2H])([2H])c1ccc(-c2cnccc2C)[n+](C)c1. The minimum Gasteiger partial charge on any atom is -0.264 e. The smallest absolute Gasteiger partial charge is 0.214 e. The summed E-state index contributed by atoms with van der Waals surface area (Å²) in [6, 6.07) is 5.41. The summed E-state index contributed by atoms with van der Waals surface area (Å²) in [5.74, 6) is 0. The second-order valence-corrected chi connectivity index (χ2v) is 3.60. The van der Waals surface area contributed by atoms with Gasteiger partial charge in [0, 0.05) is 28.1 Å². The van der Waals surface area contributed by atoms with E-state index in [-0.39, 0.29) is 0 Å². The molecule has 76 valence electrons. The summed E-state index contributed by atoms with van der Waals surface area (Å²) in [5.41, 5.74) is 3.42. The van der Waals surface area contributed by atoms with Crippen molar-refractivity contribution in [1.29, 1.82) is 0 Å². The van der Waals surface area contributed by atoms with Crippen LogP contribution in [0.1, 0.15) is 15.2 Å². The third-order valence-corrected chi connectivity index (χ3v) is 2.45. The number of nitrogens with zero attached hydrogens (tertiary/aromatic N) is 2. The third kappa shape index (κ3) is 1.89. The lowest BCUT2D eigenvalue weighted by atomic mass is 10.1. The zero-order valence-corrected chi connectivity index (χ0v) is 8.86. The van der Waals surface area contributed by atoms with E-state index in [0.29, 0.717) is 5.56 Å². The molecule has 0 N–H and O–H groups in total. The van der Waals surface area contributed by atoms with Gasteiger partial charge in [-0.25, -0.2) is 4.57 Å². The molecule has 0 radical (unpaired) electrons. The molecular formula is C13H15N2+. The first kappa shape index (κ1) is 6.72. The molecule has 0 unspecified atom stereocenters. The van der Waals surface area contributed by atoms with Crippen molar-refractivity contribution >= 4 is 0 Å². The maximum atomic E-state index is 7.39. The zero-order valence-electron chi connectivity index (χ0n) is 11.9. The van der Waals surface area contributed by atoms with Crippen LogP contribution >= 0.6 is 0 Å². The summed E-state index contributed by atoms with van der Waals surface area (Å²) in [4.78, 5) is 4.11. The predicted octanol–water partition coefficient (Wildman–Crippen LogP) is 2.19. The molecule has 0 bridgehead atoms. The van der Waals surface area contributed by atoms with Crippen LogP contribution in [-0.2, 0) is 7.05 Å². The topological polar surface area (TPSA) is 16.8 Å². The molecule has 2 nitrogen and oxygen atoms in total. The van der Waals surface area contributed by atoms with Crippen LogP contribution in [0.25, 0.3) is 11.3 Å². The lowest BCUT2D eigenvalue weighted by molar-refractivity contribution is -0.660. The molecule has 0 aromatic carbocycles. The van der Waals surface area contributed by atoms with Crippen molar-refractivity contribution in [2.45, 2.75) is 13.8 Å². The van der Waals surface area contributed by atoms with E-state index in [4.69, 9.17) is 4.11 Å². The van der Waals surface area contributed by atoms with Gasteiger partial charge in [-0.2, -0.15) is 0 Å². The van der Waals surface area contributed by atoms with E-state index < -0.39 is 6.85 Å². The molecule has 2 rings (SSSR count). The van der Waals surface area contributed by atoms with E-state index in [1.807, 2.05) is 30.7 Å². The highest BCUT2D eigenvalue weighted by Crippen LogP contribution is 2.18. The van der Waals surface area contributed by atoms with E-state index in [2.05, 4.69) is 4.98 Å². The molecule has 2 heteroatoms. The number of pyridine rings is 2. The first-order valence-electron chi connectivity index (χ1n) is 6.31. The molecule has 0 aliphatic heterocycles. The third-order valence-electron chi connectivity index (χ3n) is 2.45. The number of hydrogen-bond acceptors (Lipinski definition) is 1. The van der Waals surface area contributed by atoms with Crippen LogP contribution in [0.4, 0.5) is 0 Å². The summed E-state index contributed by atoms with van der Waals surface area (Å²) in [5, 5.41) is 0. The molecule has 0 spiro atoms. The van der Waals surface area contributed by atoms with Gasteiger partial charge >= 0.3 is 0 Å². The van der Waals surface area contributed by atoms with Crippen LogP contribution in [0.5, 0.6) is 0 Å². The van der Waals surface area contributed by atoms with E-state index in [1.165, 1.54) is 0 Å². The zero-order chi connectivity index (χ0) is 13.3. The Morgan fingerprint density at radius 3 is 2.87 bits per heavy atom. The number of aromatic nitrogens is 2. The Morgan fingerprint density at radius 2 is 2.20 bits per heavy atom. The lowest BCUT2D eigenvalue weighted by Gasteiger charge is -2.03. The van der Waals surface area contributed by atoms with Crippen LogP contribution in [0.2, 0.25) is 0 Å². The van der Waals surface area contributed by atoms with Crippen LogP contribution in [0, 0.1) is 13.8 Å². The maximum Gasteiger partial charge on any atom is 0.214 e. The molecule has 0 aliphatic rings. The first-order valence-corrected chi connectivity index (χ1v) is 4.81. The molecule has 0 amide bonds. The quantitative estimate of drug-likeness (QED) is 0.648. The van der Waals surface area contributed by atoms with Crippen molar-refractivity contribution < 1.29 is 8.68 Å². The highest BCUT2D eigenvalue weighted by molar-refractivity contribution is 5.59. The number of aryl methyl sites for hydroxylation is 3. The summed E-state index contributed by atoms with van der Waals surface area (Å²) in [6.45, 7) is -0.0606. The van der Waals surface area contributed by atoms with Crippen molar-refractivity contribution in [2.75, 3.05) is 0 Å². The Labute approximate surface area is 94.4 Å². The second kappa shape index (κ2) is 3.81. The Morgan fingerprint density at radius 1 is 1.33 bits per heavy atom. The fraction of sp³-hybridized carbons (Fsp3) is 0.231. The summed E-state index contributed by atoms with van der Waals surface area (Å²) in [7, 11) is 1.84. The van der Waals surface area contributed by atoms with Crippen LogP contribution in [0.3, 0.4) is 0 Å². The summed E-state index contributed by atoms with van der Waals surface area (Å²) < 4.78 is 24.0. The van der Waals surface area contributed by atoms with Crippen molar-refractivity contribution in [2.24, 2.45) is 7.05 Å². The highest BCUT2D eigenvalue weighted by Gasteiger charge is 2.11. The van der Waals surface area contributed by atoms with E-state index in [9.17, 15) is 0 Å². The van der Waals surface area contributed by atoms with E-state index in [0.717, 1.165) is 16.8 Å². The van der Waals surface area contributed by atoms with Gasteiger partial charge in [0.25, 0.3) is 0 Å². The van der Waals surface area contributed by atoms with Gasteiger partial charge in [-0.05, 0) is 31.5 Å². The fourth-order valence-corrected chi connectivity index (χ4v) is 1.62. The molecule has 2 heterocycles. The standard InChI is InChI=1S/C13H15N2/c1-10-4-5-13(15(3)9-10)12-8-14-7-6-11(12)2/h4-9H,1-3H3/q+1/i1D3. The molecule has 0 fully saturated rings. The second-order valence-electron chi connectivity index (χ2n) is 3.60. The van der Waals surface area contributed by atoms with Gasteiger partial charge in [-0.1, -0.05) is 0 Å². The Kier molecular flexibility index (Phi) is 1.71. The minimum absolute atomic E-state index is 0.343. The molecule has 2 aromatic heterocycles. The number of hydrogen-bond donors (Lipinski definition) is 0. The van der Waals surface area contributed by atoms with Gasteiger partial charge < -0.3 is 0 Å². The van der Waals surface area contributed by atoms with Crippen molar-refractivity contribution in [1.82, 2.24) is 4.98 Å². The van der Waals surface area contributed by atoms with Gasteiger partial charge in [0.15, 0.2) is 6.20 Å². The molecule has 15 heavy (non-hydrogen) atoms. The Hall–Kier alpha value is -1.70. The van der Waals surface area contributed by atoms with Crippen molar-refractivity contribution in [3.05, 3.63) is 47.9 Å². The highest BCUT2D eigenvalue weighted by atomic mass is 14.9. The van der Waals surface area contributed by atoms with E-state index >= 15 is 0 Å². The van der Waals surface area contributed by atoms with Crippen LogP contribution in [0.15, 0.2) is 36.8 Å². The molecule has 0 saturated carbocycles. The average molecular weight is 202 g/mol. The largest absolute Gasteiger partial charge is 0.264 e. The molecule has 2 aromatic rings. The van der Waals surface area contributed by atoms with Gasteiger partial charge in [-0.15, -0.1) is 0 Å². The Bertz CT molecular complexity index is 577. The normalized spacial score (nSPS) is 14.1. The van der Waals surface area contributed by atoms with Gasteiger partial charge in [0.05, 0.1) is 5.56 Å². The molecule has 0 atom stereocenters. The first-order chi connectivity index (χ1) is 8.39. The minimum atomic E-state index is -2.07. The molecule has 0 aliphatic carbocycles. The Balaban J connectivity index is 2.52. The van der Waals surface area contributed by atoms with Crippen LogP contribution in [-0.4, -0.2) is 4.98 Å². The fourth-order valence-electron chi connectivity index (χ4n) is 1.62. The average Bonchev–Trinajstić information content (AvgIpc) is 2.29. The number of rotatable bonds is 1. The lowest BCUT2D eigenvalue weighted by Crippen LogP contribution is -2.31. The summed E-state index contributed by atoms with van der Waals surface area (Å²) in [6.07, 6.45) is 5.18. The van der Waals surface area contributed by atoms with Gasteiger partial charge in [-0.3, -0.25) is 4.98 Å². The monoisotopic (exact) mass is 202 g/mol. The van der Waals surface area contributed by atoms with Crippen molar-refractivity contribution in [3.8, 4) is 11.3 Å². The molecular weight excluding hydrogens is 184 g/mol. The van der Waals surface area contributed by atoms with E-state index in [1.54, 1.807) is 24.7 Å². The van der Waals surface area contributed by atoms with Crippen LogP contribution < -0.4 is 4.57 Å². The van der Waals surface area contributed by atoms with Gasteiger partial charge in [0.1, 0.15) is 7.05 Å². The van der Waals surface area contributed by atoms with Crippen molar-refractivity contribution in [3.63, 3.8) is 0 Å². The maximum absolute atomic E-state index is 7.39. The van der Waals surface area contributed by atoms with Gasteiger partial charge in [0.2, 0.25) is 5.69 Å².